The molecule has 0 spiro atoms. The van der Waals surface area contributed by atoms with Gasteiger partial charge < -0.3 is 15.9 Å². The number of nitrogens with two attached hydrogens (primary N) is 1. The molecule has 0 atom stereocenters. The molecule has 1 heterocycles. The van der Waals surface area contributed by atoms with Gasteiger partial charge in [-0.05, 0) is 34.5 Å². The number of hydrogen-bond donors (Lipinski definition) is 3. The van der Waals surface area contributed by atoms with E-state index in [0.29, 0.717) is 13.1 Å². The highest BCUT2D eigenvalue weighted by atomic mass is 35.5. The van der Waals surface area contributed by atoms with Crippen LogP contribution in [0.3, 0.4) is 0 Å². The van der Waals surface area contributed by atoms with E-state index in [1.807, 2.05) is 41.1 Å². The molecule has 2 rings (SSSR count). The number of nitrogens with zero attached hydrogens (tertiary/aromatic N) is 1. The van der Waals surface area contributed by atoms with Crippen molar-refractivity contribution in [2.24, 2.45) is 5.73 Å². The minimum Gasteiger partial charge on any atom is -0.395 e. The van der Waals surface area contributed by atoms with Crippen molar-refractivity contribution in [1.29, 1.82) is 0 Å². The highest BCUT2D eigenvalue weighted by Crippen LogP contribution is 2.34. The maximum atomic E-state index is 9.11. The van der Waals surface area contributed by atoms with Gasteiger partial charge in [-0.25, -0.2) is 0 Å². The second kappa shape index (κ2) is 6.39. The van der Waals surface area contributed by atoms with Crippen LogP contribution in [0.2, 0.25) is 0 Å². The maximum absolute atomic E-state index is 9.11. The SMILES string of the molecule is NC1(c2ccsc2)C=CC(Cl)(N(CCO)CCO)C=C1. The molecule has 20 heavy (non-hydrogen) atoms. The summed E-state index contributed by atoms with van der Waals surface area (Å²) in [7, 11) is 0. The first kappa shape index (κ1) is 15.7. The minimum absolute atomic E-state index is 0.0194. The van der Waals surface area contributed by atoms with Gasteiger partial charge >= 0.3 is 0 Å². The van der Waals surface area contributed by atoms with Crippen LogP contribution in [0, 0.1) is 0 Å². The Bertz CT molecular complexity index is 467. The molecule has 1 aliphatic rings. The van der Waals surface area contributed by atoms with E-state index in [1.54, 1.807) is 16.2 Å². The van der Waals surface area contributed by atoms with Crippen LogP contribution in [-0.2, 0) is 5.54 Å². The number of halogens is 1. The highest BCUT2D eigenvalue weighted by molar-refractivity contribution is 7.08. The third kappa shape index (κ3) is 3.14. The molecule has 4 nitrogen and oxygen atoms in total. The minimum atomic E-state index is -0.857. The summed E-state index contributed by atoms with van der Waals surface area (Å²) in [6.45, 7) is 0.729. The molecular formula is C14H19ClN2O2S. The molecule has 0 saturated carbocycles. The van der Waals surface area contributed by atoms with E-state index in [0.717, 1.165) is 5.56 Å². The summed E-state index contributed by atoms with van der Waals surface area (Å²) in [6, 6.07) is 1.99. The summed E-state index contributed by atoms with van der Waals surface area (Å²) in [5, 5.41) is 22.2. The van der Waals surface area contributed by atoms with Crippen molar-refractivity contribution < 1.29 is 10.2 Å². The average molecular weight is 315 g/mol. The van der Waals surface area contributed by atoms with Gasteiger partial charge in [-0.15, -0.1) is 0 Å². The average Bonchev–Trinajstić information content (AvgIpc) is 2.97. The van der Waals surface area contributed by atoms with E-state index in [4.69, 9.17) is 27.5 Å². The topological polar surface area (TPSA) is 69.7 Å². The van der Waals surface area contributed by atoms with Crippen LogP contribution in [0.4, 0.5) is 0 Å². The second-order valence-corrected chi connectivity index (χ2v) is 6.16. The van der Waals surface area contributed by atoms with Crippen molar-refractivity contribution in [2.45, 2.75) is 10.5 Å². The monoisotopic (exact) mass is 314 g/mol. The summed E-state index contributed by atoms with van der Waals surface area (Å²) >= 11 is 8.16. The molecule has 0 aromatic carbocycles. The lowest BCUT2D eigenvalue weighted by Gasteiger charge is -2.38. The zero-order valence-electron chi connectivity index (χ0n) is 11.1. The van der Waals surface area contributed by atoms with Crippen LogP contribution < -0.4 is 5.73 Å². The van der Waals surface area contributed by atoms with Crippen molar-refractivity contribution in [3.63, 3.8) is 0 Å². The van der Waals surface area contributed by atoms with Crippen LogP contribution in [0.15, 0.2) is 41.1 Å². The second-order valence-electron chi connectivity index (χ2n) is 4.77. The Kier molecular flexibility index (Phi) is 5.01. The summed E-state index contributed by atoms with van der Waals surface area (Å²) in [5.41, 5.74) is 6.72. The Labute approximate surface area is 127 Å². The van der Waals surface area contributed by atoms with Gasteiger partial charge in [-0.1, -0.05) is 23.8 Å². The summed E-state index contributed by atoms with van der Waals surface area (Å²) in [4.78, 5) is 0.944. The van der Waals surface area contributed by atoms with Gasteiger partial charge in [0, 0.05) is 13.1 Å². The zero-order chi connectivity index (χ0) is 14.6. The molecule has 1 aromatic heterocycles. The largest absolute Gasteiger partial charge is 0.395 e. The highest BCUT2D eigenvalue weighted by Gasteiger charge is 2.35. The summed E-state index contributed by atoms with van der Waals surface area (Å²) < 4.78 is 0. The van der Waals surface area contributed by atoms with E-state index in [-0.39, 0.29) is 13.2 Å². The number of aliphatic hydroxyl groups is 2. The Morgan fingerprint density at radius 2 is 1.75 bits per heavy atom. The molecule has 0 saturated heterocycles. The molecule has 1 aromatic rings. The summed E-state index contributed by atoms with van der Waals surface area (Å²) in [6.07, 6.45) is 7.36. The normalized spacial score (nSPS) is 29.2. The maximum Gasteiger partial charge on any atom is 0.134 e. The quantitative estimate of drug-likeness (QED) is 0.420. The molecule has 1 aliphatic carbocycles. The predicted octanol–water partition coefficient (Wildman–Crippen LogP) is 1.25. The Balaban J connectivity index is 2.20. The van der Waals surface area contributed by atoms with Crippen molar-refractivity contribution in [3.05, 3.63) is 46.7 Å². The summed E-state index contributed by atoms with van der Waals surface area (Å²) in [5.74, 6) is 0. The number of thiophene rings is 1. The van der Waals surface area contributed by atoms with E-state index in [2.05, 4.69) is 0 Å². The number of rotatable bonds is 6. The van der Waals surface area contributed by atoms with Gasteiger partial charge in [0.15, 0.2) is 0 Å². The fourth-order valence-corrected chi connectivity index (χ4v) is 3.26. The van der Waals surface area contributed by atoms with E-state index < -0.39 is 10.5 Å². The van der Waals surface area contributed by atoms with E-state index in [1.165, 1.54) is 0 Å². The fourth-order valence-electron chi connectivity index (χ4n) is 2.23. The third-order valence-electron chi connectivity index (χ3n) is 3.43. The van der Waals surface area contributed by atoms with Crippen LogP contribution in [0.5, 0.6) is 0 Å². The molecule has 4 N–H and O–H groups in total. The lowest BCUT2D eigenvalue weighted by atomic mass is 9.87. The number of hydrogen-bond acceptors (Lipinski definition) is 5. The predicted molar refractivity (Wildman–Crippen MR) is 82.8 cm³/mol. The third-order valence-corrected chi connectivity index (χ3v) is 4.61. The van der Waals surface area contributed by atoms with Gasteiger partial charge in [-0.2, -0.15) is 11.3 Å². The first-order chi connectivity index (χ1) is 9.54. The molecule has 0 bridgehead atoms. The first-order valence-electron chi connectivity index (χ1n) is 6.42. The van der Waals surface area contributed by atoms with Gasteiger partial charge in [-0.3, -0.25) is 4.90 Å². The lowest BCUT2D eigenvalue weighted by Crippen LogP contribution is -2.47. The van der Waals surface area contributed by atoms with Gasteiger partial charge in [0.1, 0.15) is 5.00 Å². The fraction of sp³-hybridized carbons (Fsp3) is 0.429. The standard InChI is InChI=1S/C14H19ClN2O2S/c15-14(17(6-8-18)7-9-19)4-2-13(16,3-5-14)12-1-10-20-11-12/h1-5,10-11,18-19H,6-9,16H2. The first-order valence-corrected chi connectivity index (χ1v) is 7.74. The Morgan fingerprint density at radius 3 is 2.20 bits per heavy atom. The van der Waals surface area contributed by atoms with Crippen molar-refractivity contribution >= 4 is 22.9 Å². The van der Waals surface area contributed by atoms with Crippen LogP contribution in [0.25, 0.3) is 0 Å². The number of aliphatic hydroxyl groups excluding tert-OH is 2. The molecule has 0 radical (unpaired) electrons. The van der Waals surface area contributed by atoms with Gasteiger partial charge in [0.25, 0.3) is 0 Å². The lowest BCUT2D eigenvalue weighted by molar-refractivity contribution is 0.138. The van der Waals surface area contributed by atoms with Crippen molar-refractivity contribution in [1.82, 2.24) is 4.90 Å². The molecule has 110 valence electrons. The number of alkyl halides is 1. The van der Waals surface area contributed by atoms with E-state index >= 15 is 0 Å². The Morgan fingerprint density at radius 1 is 1.15 bits per heavy atom. The molecule has 6 heteroatoms. The zero-order valence-corrected chi connectivity index (χ0v) is 12.6. The smallest absolute Gasteiger partial charge is 0.134 e. The van der Waals surface area contributed by atoms with Crippen molar-refractivity contribution in [3.8, 4) is 0 Å². The molecule has 0 unspecified atom stereocenters. The van der Waals surface area contributed by atoms with E-state index in [9.17, 15) is 0 Å². The molecule has 0 aliphatic heterocycles. The van der Waals surface area contributed by atoms with Crippen LogP contribution >= 0.6 is 22.9 Å². The van der Waals surface area contributed by atoms with Crippen LogP contribution in [0.1, 0.15) is 5.56 Å². The Hall–Kier alpha value is -0.690. The van der Waals surface area contributed by atoms with Gasteiger partial charge in [0.2, 0.25) is 0 Å². The van der Waals surface area contributed by atoms with Crippen molar-refractivity contribution in [2.75, 3.05) is 26.3 Å². The van der Waals surface area contributed by atoms with Crippen LogP contribution in [-0.4, -0.2) is 46.4 Å². The molecule has 0 fully saturated rings. The van der Waals surface area contributed by atoms with Gasteiger partial charge in [0.05, 0.1) is 18.8 Å². The molecule has 0 amide bonds. The molecular weight excluding hydrogens is 296 g/mol.